The topological polar surface area (TPSA) is 61.0 Å². The Labute approximate surface area is 128 Å². The third-order valence-electron chi connectivity index (χ3n) is 2.91. The number of benzene rings is 1. The molecule has 0 N–H and O–H groups in total. The summed E-state index contributed by atoms with van der Waals surface area (Å²) in [5, 5.41) is 3.95. The van der Waals surface area contributed by atoms with Crippen molar-refractivity contribution in [3.05, 3.63) is 60.8 Å². The first-order chi connectivity index (χ1) is 10.7. The molecule has 3 aromatic rings. The lowest BCUT2D eigenvalue weighted by molar-refractivity contribution is 0.352. The lowest BCUT2D eigenvalue weighted by Gasteiger charge is -2.05. The fraction of sp³-hybridized carbons (Fsp3) is 0.118. The van der Waals surface area contributed by atoms with Gasteiger partial charge in [0.1, 0.15) is 18.1 Å². The van der Waals surface area contributed by atoms with Crippen LogP contribution < -0.4 is 4.74 Å². The van der Waals surface area contributed by atoms with E-state index < -0.39 is 0 Å². The molecule has 22 heavy (non-hydrogen) atoms. The molecule has 0 saturated heterocycles. The molecule has 5 nitrogen and oxygen atoms in total. The second-order valence-electron chi connectivity index (χ2n) is 4.91. The molecule has 3 rings (SSSR count). The first-order valence-electron chi connectivity index (χ1n) is 6.85. The van der Waals surface area contributed by atoms with Gasteiger partial charge in [0, 0.05) is 11.8 Å². The maximum Gasteiger partial charge on any atom is 0.258 e. The van der Waals surface area contributed by atoms with Gasteiger partial charge in [-0.25, -0.2) is 0 Å². The van der Waals surface area contributed by atoms with Gasteiger partial charge in [-0.05, 0) is 48.9 Å². The van der Waals surface area contributed by atoms with E-state index in [4.69, 9.17) is 9.26 Å². The molecule has 0 aliphatic carbocycles. The van der Waals surface area contributed by atoms with Gasteiger partial charge in [0.05, 0.1) is 0 Å². The monoisotopic (exact) mass is 293 g/mol. The summed E-state index contributed by atoms with van der Waals surface area (Å²) in [5.74, 6) is 1.70. The first-order valence-corrected chi connectivity index (χ1v) is 6.85. The lowest BCUT2D eigenvalue weighted by atomic mass is 10.2. The Morgan fingerprint density at radius 3 is 2.68 bits per heavy atom. The van der Waals surface area contributed by atoms with Gasteiger partial charge in [-0.15, -0.1) is 0 Å². The summed E-state index contributed by atoms with van der Waals surface area (Å²) in [5.41, 5.74) is 2.48. The molecule has 0 radical (unpaired) electrons. The van der Waals surface area contributed by atoms with Gasteiger partial charge >= 0.3 is 0 Å². The summed E-state index contributed by atoms with van der Waals surface area (Å²) in [7, 11) is 0. The Bertz CT molecular complexity index is 764. The van der Waals surface area contributed by atoms with E-state index in [0.717, 1.165) is 16.9 Å². The Balaban J connectivity index is 1.77. The number of rotatable bonds is 5. The van der Waals surface area contributed by atoms with Gasteiger partial charge in [0.15, 0.2) is 0 Å². The summed E-state index contributed by atoms with van der Waals surface area (Å²) in [6.07, 6.45) is 1.69. The van der Waals surface area contributed by atoms with Gasteiger partial charge in [0.25, 0.3) is 5.89 Å². The van der Waals surface area contributed by atoms with Gasteiger partial charge in [-0.3, -0.25) is 4.98 Å². The third-order valence-corrected chi connectivity index (χ3v) is 2.91. The second-order valence-corrected chi connectivity index (χ2v) is 4.91. The minimum absolute atomic E-state index is 0.451. The fourth-order valence-electron chi connectivity index (χ4n) is 1.84. The quantitative estimate of drug-likeness (QED) is 0.670. The zero-order valence-corrected chi connectivity index (χ0v) is 12.2. The standard InChI is InChI=1S/C17H15N3O2/c1-12(2)11-21-14-8-6-13(7-9-14)17-19-16(20-22-17)15-5-3-4-10-18-15/h3-10H,1,11H2,2H3. The van der Waals surface area contributed by atoms with Crippen molar-refractivity contribution in [1.82, 2.24) is 15.1 Å². The highest BCUT2D eigenvalue weighted by atomic mass is 16.5. The highest BCUT2D eigenvalue weighted by molar-refractivity contribution is 5.58. The van der Waals surface area contributed by atoms with Gasteiger partial charge in [-0.1, -0.05) is 17.8 Å². The normalized spacial score (nSPS) is 10.4. The van der Waals surface area contributed by atoms with Gasteiger partial charge < -0.3 is 9.26 Å². The van der Waals surface area contributed by atoms with Crippen molar-refractivity contribution in [2.75, 3.05) is 6.61 Å². The summed E-state index contributed by atoms with van der Waals surface area (Å²) >= 11 is 0. The molecule has 5 heteroatoms. The molecule has 0 amide bonds. The van der Waals surface area contributed by atoms with Crippen LogP contribution >= 0.6 is 0 Å². The van der Waals surface area contributed by atoms with Crippen molar-refractivity contribution >= 4 is 0 Å². The number of hydrogen-bond donors (Lipinski definition) is 0. The minimum Gasteiger partial charge on any atom is -0.489 e. The van der Waals surface area contributed by atoms with Gasteiger partial charge in [0.2, 0.25) is 5.82 Å². The molecular weight excluding hydrogens is 278 g/mol. The van der Waals surface area contributed by atoms with E-state index in [1.165, 1.54) is 0 Å². The van der Waals surface area contributed by atoms with Crippen LogP contribution in [-0.2, 0) is 0 Å². The van der Waals surface area contributed by atoms with Crippen LogP contribution in [0.3, 0.4) is 0 Å². The highest BCUT2D eigenvalue weighted by Gasteiger charge is 2.11. The molecule has 1 aromatic carbocycles. The zero-order chi connectivity index (χ0) is 15.4. The van der Waals surface area contributed by atoms with Crippen LogP contribution in [0.1, 0.15) is 6.92 Å². The van der Waals surface area contributed by atoms with Crippen LogP contribution in [0, 0.1) is 0 Å². The van der Waals surface area contributed by atoms with Crippen molar-refractivity contribution in [2.24, 2.45) is 0 Å². The second kappa shape index (κ2) is 6.22. The largest absolute Gasteiger partial charge is 0.489 e. The highest BCUT2D eigenvalue weighted by Crippen LogP contribution is 2.23. The van der Waals surface area contributed by atoms with Crippen LogP contribution in [0.5, 0.6) is 5.75 Å². The summed E-state index contributed by atoms with van der Waals surface area (Å²) < 4.78 is 10.8. The molecule has 0 aliphatic heterocycles. The van der Waals surface area contributed by atoms with Crippen LogP contribution in [0.4, 0.5) is 0 Å². The molecule has 0 atom stereocenters. The third kappa shape index (κ3) is 3.20. The first kappa shape index (κ1) is 14.0. The van der Waals surface area contributed by atoms with E-state index in [2.05, 4.69) is 21.7 Å². The molecule has 0 bridgehead atoms. The smallest absolute Gasteiger partial charge is 0.258 e. The molecule has 0 fully saturated rings. The van der Waals surface area contributed by atoms with Crippen molar-refractivity contribution in [3.63, 3.8) is 0 Å². The Kier molecular flexibility index (Phi) is 3.96. The Hall–Kier alpha value is -2.95. The van der Waals surface area contributed by atoms with Gasteiger partial charge in [-0.2, -0.15) is 4.98 Å². The zero-order valence-electron chi connectivity index (χ0n) is 12.2. The van der Waals surface area contributed by atoms with Crippen LogP contribution in [0.15, 0.2) is 65.3 Å². The lowest BCUT2D eigenvalue weighted by Crippen LogP contribution is -1.97. The predicted molar refractivity (Wildman–Crippen MR) is 83.3 cm³/mol. The average Bonchev–Trinajstić information content (AvgIpc) is 3.04. The number of ether oxygens (including phenoxy) is 1. The summed E-state index contributed by atoms with van der Waals surface area (Å²) in [6, 6.07) is 13.0. The van der Waals surface area contributed by atoms with E-state index >= 15 is 0 Å². The van der Waals surface area contributed by atoms with E-state index in [0.29, 0.717) is 24.0 Å². The molecule has 2 aromatic heterocycles. The van der Waals surface area contributed by atoms with Crippen LogP contribution in [0.25, 0.3) is 23.0 Å². The van der Waals surface area contributed by atoms with E-state index in [9.17, 15) is 0 Å². The molecule has 0 aliphatic rings. The molecule has 0 spiro atoms. The minimum atomic E-state index is 0.451. The van der Waals surface area contributed by atoms with Crippen molar-refractivity contribution in [1.29, 1.82) is 0 Å². The van der Waals surface area contributed by atoms with E-state index in [1.54, 1.807) is 6.20 Å². The Morgan fingerprint density at radius 2 is 2.00 bits per heavy atom. The SMILES string of the molecule is C=C(C)COc1ccc(-c2nc(-c3ccccn3)no2)cc1. The summed E-state index contributed by atoms with van der Waals surface area (Å²) in [6.45, 7) is 6.23. The predicted octanol–water partition coefficient (Wildman–Crippen LogP) is 3.75. The van der Waals surface area contributed by atoms with E-state index in [1.807, 2.05) is 49.4 Å². The molecule has 0 saturated carbocycles. The van der Waals surface area contributed by atoms with Crippen molar-refractivity contribution < 1.29 is 9.26 Å². The molecule has 0 unspecified atom stereocenters. The Morgan fingerprint density at radius 1 is 1.18 bits per heavy atom. The molecular formula is C17H15N3O2. The number of nitrogens with zero attached hydrogens (tertiary/aromatic N) is 3. The van der Waals surface area contributed by atoms with E-state index in [-0.39, 0.29) is 0 Å². The average molecular weight is 293 g/mol. The number of hydrogen-bond acceptors (Lipinski definition) is 5. The summed E-state index contributed by atoms with van der Waals surface area (Å²) in [4.78, 5) is 8.56. The molecule has 110 valence electrons. The van der Waals surface area contributed by atoms with Crippen LogP contribution in [0.2, 0.25) is 0 Å². The van der Waals surface area contributed by atoms with Crippen molar-refractivity contribution in [2.45, 2.75) is 6.92 Å². The fourth-order valence-corrected chi connectivity index (χ4v) is 1.84. The van der Waals surface area contributed by atoms with Crippen molar-refractivity contribution in [3.8, 4) is 28.7 Å². The maximum atomic E-state index is 5.56. The maximum absolute atomic E-state index is 5.56. The van der Waals surface area contributed by atoms with Crippen LogP contribution in [-0.4, -0.2) is 21.7 Å². The molecule has 2 heterocycles. The number of aromatic nitrogens is 3. The number of pyridine rings is 1.